The quantitative estimate of drug-likeness (QED) is 0.423. The van der Waals surface area contributed by atoms with E-state index in [-0.39, 0.29) is 0 Å². The number of nitrogens with zero attached hydrogens (tertiary/aromatic N) is 4. The average molecular weight is 497 g/mol. The zero-order valence-corrected chi connectivity index (χ0v) is 19.9. The van der Waals surface area contributed by atoms with Crippen LogP contribution in [0, 0.1) is 6.92 Å². The number of amides is 1. The summed E-state index contributed by atoms with van der Waals surface area (Å²) >= 11 is 3.35. The van der Waals surface area contributed by atoms with E-state index in [4.69, 9.17) is 4.74 Å². The van der Waals surface area contributed by atoms with Gasteiger partial charge in [-0.2, -0.15) is 0 Å². The molecule has 2 heterocycles. The van der Waals surface area contributed by atoms with E-state index in [1.807, 2.05) is 25.3 Å². The third kappa shape index (κ3) is 4.60. The summed E-state index contributed by atoms with van der Waals surface area (Å²) in [5, 5.41) is 8.37. The summed E-state index contributed by atoms with van der Waals surface area (Å²) in [7, 11) is 0. The SMILES string of the molecule is Cc1ccc(C(C)C)c(OCc2cn(CCCN3C(=O)C(=O)c4cc(Br)ccc43)nn2)c1. The van der Waals surface area contributed by atoms with Crippen molar-refractivity contribution in [3.8, 4) is 5.75 Å². The van der Waals surface area contributed by atoms with E-state index in [9.17, 15) is 9.59 Å². The van der Waals surface area contributed by atoms with E-state index in [0.717, 1.165) is 21.5 Å². The van der Waals surface area contributed by atoms with Crippen LogP contribution in [0.25, 0.3) is 0 Å². The topological polar surface area (TPSA) is 77.3 Å². The number of hydrogen-bond acceptors (Lipinski definition) is 5. The van der Waals surface area contributed by atoms with Gasteiger partial charge in [-0.15, -0.1) is 5.10 Å². The molecular weight excluding hydrogens is 472 g/mol. The van der Waals surface area contributed by atoms with Gasteiger partial charge in [-0.25, -0.2) is 0 Å². The second-order valence-electron chi connectivity index (χ2n) is 8.26. The first kappa shape index (κ1) is 22.2. The molecule has 32 heavy (non-hydrogen) atoms. The highest BCUT2D eigenvalue weighted by molar-refractivity contribution is 9.10. The maximum absolute atomic E-state index is 12.3. The van der Waals surface area contributed by atoms with Crippen LogP contribution in [0.4, 0.5) is 5.69 Å². The summed E-state index contributed by atoms with van der Waals surface area (Å²) in [4.78, 5) is 26.1. The van der Waals surface area contributed by atoms with E-state index in [0.29, 0.717) is 43.3 Å². The lowest BCUT2D eigenvalue weighted by atomic mass is 10.0. The van der Waals surface area contributed by atoms with Crippen molar-refractivity contribution in [3.05, 3.63) is 69.5 Å². The Bertz CT molecular complexity index is 1170. The minimum Gasteiger partial charge on any atom is -0.487 e. The second kappa shape index (κ2) is 9.24. The summed E-state index contributed by atoms with van der Waals surface area (Å²) in [6.07, 6.45) is 2.50. The fourth-order valence-electron chi connectivity index (χ4n) is 3.79. The lowest BCUT2D eigenvalue weighted by Gasteiger charge is -2.16. The Kier molecular flexibility index (Phi) is 6.41. The molecule has 0 fully saturated rings. The van der Waals surface area contributed by atoms with Crippen molar-refractivity contribution in [3.63, 3.8) is 0 Å². The zero-order chi connectivity index (χ0) is 22.8. The zero-order valence-electron chi connectivity index (χ0n) is 18.3. The number of benzene rings is 2. The molecule has 0 saturated carbocycles. The summed E-state index contributed by atoms with van der Waals surface area (Å²) in [6.45, 7) is 7.69. The van der Waals surface area contributed by atoms with Gasteiger partial charge in [0.1, 0.15) is 18.1 Å². The number of fused-ring (bicyclic) bond motifs is 1. The van der Waals surface area contributed by atoms with Gasteiger partial charge in [0.25, 0.3) is 11.7 Å². The van der Waals surface area contributed by atoms with E-state index < -0.39 is 11.7 Å². The van der Waals surface area contributed by atoms with Gasteiger partial charge in [0.2, 0.25) is 0 Å². The van der Waals surface area contributed by atoms with Gasteiger partial charge in [0.05, 0.1) is 17.4 Å². The van der Waals surface area contributed by atoms with Crippen molar-refractivity contribution < 1.29 is 14.3 Å². The number of carbonyl (C=O) groups excluding carboxylic acids is 2. The molecule has 0 atom stereocenters. The van der Waals surface area contributed by atoms with Crippen molar-refractivity contribution in [2.24, 2.45) is 0 Å². The number of rotatable bonds is 8. The first-order valence-electron chi connectivity index (χ1n) is 10.6. The first-order valence-corrected chi connectivity index (χ1v) is 11.4. The molecule has 4 rings (SSSR count). The molecule has 0 spiro atoms. The molecule has 0 aliphatic carbocycles. The predicted molar refractivity (Wildman–Crippen MR) is 125 cm³/mol. The summed E-state index contributed by atoms with van der Waals surface area (Å²) in [5.74, 6) is 0.299. The Morgan fingerprint density at radius 2 is 1.91 bits per heavy atom. The van der Waals surface area contributed by atoms with E-state index in [1.54, 1.807) is 16.8 Å². The molecule has 2 aromatic carbocycles. The number of ether oxygens (including phenoxy) is 1. The molecule has 0 saturated heterocycles. The fraction of sp³-hybridized carbons (Fsp3) is 0.333. The molecule has 3 aromatic rings. The van der Waals surface area contributed by atoms with Crippen molar-refractivity contribution in [2.75, 3.05) is 11.4 Å². The molecule has 0 N–H and O–H groups in total. The van der Waals surface area contributed by atoms with Crippen LogP contribution in [0.3, 0.4) is 0 Å². The minimum absolute atomic E-state index is 0.338. The summed E-state index contributed by atoms with van der Waals surface area (Å²) in [5.41, 5.74) is 4.16. The first-order chi connectivity index (χ1) is 15.3. The molecule has 1 aliphatic heterocycles. The van der Waals surface area contributed by atoms with E-state index in [1.165, 1.54) is 10.5 Å². The maximum Gasteiger partial charge on any atom is 0.299 e. The third-order valence-electron chi connectivity index (χ3n) is 5.46. The Morgan fingerprint density at radius 3 is 2.69 bits per heavy atom. The maximum atomic E-state index is 12.3. The molecule has 8 heteroatoms. The third-order valence-corrected chi connectivity index (χ3v) is 5.95. The molecule has 0 unspecified atom stereocenters. The van der Waals surface area contributed by atoms with Gasteiger partial charge in [-0.05, 0) is 54.7 Å². The van der Waals surface area contributed by atoms with E-state index in [2.05, 4.69) is 52.2 Å². The van der Waals surface area contributed by atoms with Crippen LogP contribution in [0.15, 0.2) is 47.1 Å². The number of anilines is 1. The fourth-order valence-corrected chi connectivity index (χ4v) is 4.16. The highest BCUT2D eigenvalue weighted by atomic mass is 79.9. The van der Waals surface area contributed by atoms with Crippen LogP contribution in [-0.4, -0.2) is 33.2 Å². The van der Waals surface area contributed by atoms with Crippen LogP contribution >= 0.6 is 15.9 Å². The molecule has 1 aliphatic rings. The standard InChI is InChI=1S/C24H25BrN4O3/c1-15(2)19-7-5-16(3)11-22(19)32-14-18-13-28(27-26-18)9-4-10-29-21-8-6-17(25)12-20(21)23(30)24(29)31/h5-8,11-13,15H,4,9-10,14H2,1-3H3. The van der Waals surface area contributed by atoms with Crippen LogP contribution in [0.2, 0.25) is 0 Å². The van der Waals surface area contributed by atoms with Gasteiger partial charge in [0.15, 0.2) is 0 Å². The van der Waals surface area contributed by atoms with Gasteiger partial charge in [-0.1, -0.05) is 47.1 Å². The van der Waals surface area contributed by atoms with Crippen molar-refractivity contribution >= 4 is 33.3 Å². The van der Waals surface area contributed by atoms with Gasteiger partial charge < -0.3 is 9.64 Å². The smallest absolute Gasteiger partial charge is 0.299 e. The Morgan fingerprint density at radius 1 is 1.09 bits per heavy atom. The Hall–Kier alpha value is -3.00. The van der Waals surface area contributed by atoms with Crippen molar-refractivity contribution in [1.82, 2.24) is 15.0 Å². The molecule has 7 nitrogen and oxygen atoms in total. The largest absolute Gasteiger partial charge is 0.487 e. The van der Waals surface area contributed by atoms with Crippen LogP contribution in [-0.2, 0) is 17.9 Å². The highest BCUT2D eigenvalue weighted by Crippen LogP contribution is 2.31. The van der Waals surface area contributed by atoms with Crippen molar-refractivity contribution in [2.45, 2.75) is 46.3 Å². The molecule has 1 amide bonds. The lowest BCUT2D eigenvalue weighted by Crippen LogP contribution is -2.31. The second-order valence-corrected chi connectivity index (χ2v) is 9.17. The van der Waals surface area contributed by atoms with Crippen molar-refractivity contribution in [1.29, 1.82) is 0 Å². The van der Waals surface area contributed by atoms with Gasteiger partial charge in [-0.3, -0.25) is 14.3 Å². The Balaban J connectivity index is 1.34. The van der Waals surface area contributed by atoms with Crippen LogP contribution in [0.1, 0.15) is 53.4 Å². The highest BCUT2D eigenvalue weighted by Gasteiger charge is 2.35. The number of hydrogen-bond donors (Lipinski definition) is 0. The average Bonchev–Trinajstić information content (AvgIpc) is 3.30. The predicted octanol–water partition coefficient (Wildman–Crippen LogP) is 4.67. The van der Waals surface area contributed by atoms with Gasteiger partial charge in [0, 0.05) is 17.6 Å². The number of carbonyl (C=O) groups is 2. The molecule has 1 aromatic heterocycles. The van der Waals surface area contributed by atoms with Gasteiger partial charge >= 0.3 is 0 Å². The molecule has 166 valence electrons. The summed E-state index contributed by atoms with van der Waals surface area (Å²) in [6, 6.07) is 11.6. The number of Topliss-reactive ketones (excluding diaryl/α,β-unsaturated/α-hetero) is 1. The monoisotopic (exact) mass is 496 g/mol. The molecular formula is C24H25BrN4O3. The number of halogens is 1. The Labute approximate surface area is 195 Å². The minimum atomic E-state index is -0.482. The molecule has 0 radical (unpaired) electrons. The summed E-state index contributed by atoms with van der Waals surface area (Å²) < 4.78 is 8.55. The van der Waals surface area contributed by atoms with E-state index >= 15 is 0 Å². The number of ketones is 1. The number of aromatic nitrogens is 3. The normalized spacial score (nSPS) is 13.2. The van der Waals surface area contributed by atoms with Crippen LogP contribution < -0.4 is 9.64 Å². The molecule has 0 bridgehead atoms. The number of aryl methyl sites for hydroxylation is 2. The van der Waals surface area contributed by atoms with Crippen LogP contribution in [0.5, 0.6) is 5.75 Å². The lowest BCUT2D eigenvalue weighted by molar-refractivity contribution is -0.114.